The molecule has 1 aromatic heterocycles. The molecule has 2 aromatic rings. The second-order valence-corrected chi connectivity index (χ2v) is 6.22. The van der Waals surface area contributed by atoms with Gasteiger partial charge in [-0.1, -0.05) is 41.4 Å². The van der Waals surface area contributed by atoms with Gasteiger partial charge in [-0.05, 0) is 19.4 Å². The maximum Gasteiger partial charge on any atom is 0.405 e. The molecule has 0 aliphatic heterocycles. The molecule has 0 atom stereocenters. The minimum atomic E-state index is -4.54. The number of carbonyl (C=O) groups is 2. The van der Waals surface area contributed by atoms with E-state index in [2.05, 4.69) is 5.10 Å². The Hall–Kier alpha value is -2.55. The smallest absolute Gasteiger partial charge is 0.405 e. The third-order valence-electron chi connectivity index (χ3n) is 3.54. The van der Waals surface area contributed by atoms with Gasteiger partial charge in [0.2, 0.25) is 0 Å². The minimum absolute atomic E-state index is 0.0220. The van der Waals surface area contributed by atoms with E-state index < -0.39 is 31.2 Å². The molecular weight excluding hydrogens is 387 g/mol. The number of halogens is 4. The first-order valence-corrected chi connectivity index (χ1v) is 8.23. The van der Waals surface area contributed by atoms with Gasteiger partial charge in [0.05, 0.1) is 12.2 Å². The van der Waals surface area contributed by atoms with Crippen molar-refractivity contribution in [2.45, 2.75) is 26.6 Å². The standard InChI is InChI=1S/C17H17ClF3N3O3/c1-10-3-5-12(6-4-10)7-24-15(18)14(11(2)23-24)16(26)27-8-13(25)22-9-17(19,20)21/h3-6H,7-9H2,1-2H3,(H,22,25). The van der Waals surface area contributed by atoms with E-state index in [9.17, 15) is 22.8 Å². The Bertz CT molecular complexity index is 832. The molecule has 0 bridgehead atoms. The van der Waals surface area contributed by atoms with Crippen molar-refractivity contribution in [3.05, 3.63) is 51.8 Å². The van der Waals surface area contributed by atoms with Gasteiger partial charge in [-0.2, -0.15) is 18.3 Å². The van der Waals surface area contributed by atoms with Crippen LogP contribution in [0, 0.1) is 13.8 Å². The SMILES string of the molecule is Cc1ccc(Cn2nc(C)c(C(=O)OCC(=O)NCC(F)(F)F)c2Cl)cc1. The lowest BCUT2D eigenvalue weighted by Crippen LogP contribution is -2.36. The molecule has 0 aliphatic carbocycles. The van der Waals surface area contributed by atoms with E-state index in [4.69, 9.17) is 16.3 Å². The summed E-state index contributed by atoms with van der Waals surface area (Å²) in [4.78, 5) is 23.5. The second kappa shape index (κ2) is 8.43. The monoisotopic (exact) mass is 403 g/mol. The third-order valence-corrected chi connectivity index (χ3v) is 3.93. The normalized spacial score (nSPS) is 11.3. The van der Waals surface area contributed by atoms with Crippen molar-refractivity contribution < 1.29 is 27.5 Å². The molecular formula is C17H17ClF3N3O3. The van der Waals surface area contributed by atoms with E-state index in [0.29, 0.717) is 6.54 Å². The summed E-state index contributed by atoms with van der Waals surface area (Å²) >= 11 is 6.19. The molecule has 10 heteroatoms. The lowest BCUT2D eigenvalue weighted by Gasteiger charge is -2.09. The Balaban J connectivity index is 2.01. The highest BCUT2D eigenvalue weighted by Gasteiger charge is 2.28. The second-order valence-electron chi connectivity index (χ2n) is 5.86. The summed E-state index contributed by atoms with van der Waals surface area (Å²) in [5, 5.41) is 5.81. The Labute approximate surface area is 158 Å². The van der Waals surface area contributed by atoms with Crippen LogP contribution in [0.5, 0.6) is 0 Å². The van der Waals surface area contributed by atoms with Gasteiger partial charge in [-0.15, -0.1) is 0 Å². The van der Waals surface area contributed by atoms with E-state index in [1.807, 2.05) is 31.2 Å². The van der Waals surface area contributed by atoms with Gasteiger partial charge < -0.3 is 10.1 Å². The molecule has 0 unspecified atom stereocenters. The highest BCUT2D eigenvalue weighted by Crippen LogP contribution is 2.22. The number of benzene rings is 1. The number of amides is 1. The predicted molar refractivity (Wildman–Crippen MR) is 91.6 cm³/mol. The molecule has 146 valence electrons. The lowest BCUT2D eigenvalue weighted by atomic mass is 10.1. The number of esters is 1. The van der Waals surface area contributed by atoms with Gasteiger partial charge in [0.15, 0.2) is 6.61 Å². The predicted octanol–water partition coefficient (Wildman–Crippen LogP) is 3.04. The zero-order chi connectivity index (χ0) is 20.2. The molecule has 2 rings (SSSR count). The Morgan fingerprint density at radius 1 is 1.22 bits per heavy atom. The first-order chi connectivity index (χ1) is 12.6. The summed E-state index contributed by atoms with van der Waals surface area (Å²) in [6.07, 6.45) is -4.54. The van der Waals surface area contributed by atoms with Gasteiger partial charge in [0.25, 0.3) is 5.91 Å². The highest BCUT2D eigenvalue weighted by atomic mass is 35.5. The fourth-order valence-electron chi connectivity index (χ4n) is 2.21. The summed E-state index contributed by atoms with van der Waals surface area (Å²) in [5.74, 6) is -2.00. The number of hydrogen-bond acceptors (Lipinski definition) is 4. The average Bonchev–Trinajstić information content (AvgIpc) is 2.86. The first-order valence-electron chi connectivity index (χ1n) is 7.86. The van der Waals surface area contributed by atoms with Crippen molar-refractivity contribution in [2.24, 2.45) is 0 Å². The fraction of sp³-hybridized carbons (Fsp3) is 0.353. The van der Waals surface area contributed by atoms with E-state index in [0.717, 1.165) is 11.1 Å². The van der Waals surface area contributed by atoms with Gasteiger partial charge in [0.1, 0.15) is 17.3 Å². The number of rotatable bonds is 6. The van der Waals surface area contributed by atoms with Crippen LogP contribution in [0.3, 0.4) is 0 Å². The largest absolute Gasteiger partial charge is 0.452 e. The van der Waals surface area contributed by atoms with E-state index in [1.54, 1.807) is 5.32 Å². The third kappa shape index (κ3) is 5.99. The lowest BCUT2D eigenvalue weighted by molar-refractivity contribution is -0.140. The maximum absolute atomic E-state index is 12.1. The number of aryl methyl sites for hydroxylation is 2. The number of hydrogen-bond donors (Lipinski definition) is 1. The van der Waals surface area contributed by atoms with Gasteiger partial charge in [0, 0.05) is 0 Å². The molecule has 0 spiro atoms. The molecule has 0 saturated carbocycles. The molecule has 1 heterocycles. The van der Waals surface area contributed by atoms with Crippen molar-refractivity contribution in [3.63, 3.8) is 0 Å². The Morgan fingerprint density at radius 3 is 2.44 bits per heavy atom. The minimum Gasteiger partial charge on any atom is -0.452 e. The van der Waals surface area contributed by atoms with Crippen LogP contribution in [0.1, 0.15) is 27.2 Å². The Kier molecular flexibility index (Phi) is 6.48. The molecule has 0 saturated heterocycles. The summed E-state index contributed by atoms with van der Waals surface area (Å²) in [7, 11) is 0. The zero-order valence-electron chi connectivity index (χ0n) is 14.6. The highest BCUT2D eigenvalue weighted by molar-refractivity contribution is 6.32. The van der Waals surface area contributed by atoms with Crippen LogP contribution >= 0.6 is 11.6 Å². The van der Waals surface area contributed by atoms with Crippen molar-refractivity contribution in [2.75, 3.05) is 13.2 Å². The van der Waals surface area contributed by atoms with E-state index in [-0.39, 0.29) is 16.4 Å². The van der Waals surface area contributed by atoms with Crippen LogP contribution in [0.15, 0.2) is 24.3 Å². The van der Waals surface area contributed by atoms with Gasteiger partial charge in [-0.25, -0.2) is 9.48 Å². The average molecular weight is 404 g/mol. The van der Waals surface area contributed by atoms with Gasteiger partial charge in [-0.3, -0.25) is 4.79 Å². The maximum atomic E-state index is 12.1. The van der Waals surface area contributed by atoms with Crippen LogP contribution in [-0.4, -0.2) is 41.0 Å². The fourth-order valence-corrected chi connectivity index (χ4v) is 2.52. The van der Waals surface area contributed by atoms with Crippen LogP contribution in [-0.2, 0) is 16.1 Å². The first kappa shape index (κ1) is 20.8. The molecule has 0 fully saturated rings. The van der Waals surface area contributed by atoms with Gasteiger partial charge >= 0.3 is 12.1 Å². The van der Waals surface area contributed by atoms with Crippen LogP contribution in [0.2, 0.25) is 5.15 Å². The number of nitrogens with zero attached hydrogens (tertiary/aromatic N) is 2. The van der Waals surface area contributed by atoms with Crippen molar-refractivity contribution in [1.82, 2.24) is 15.1 Å². The number of ether oxygens (including phenoxy) is 1. The Morgan fingerprint density at radius 2 is 1.85 bits per heavy atom. The molecule has 27 heavy (non-hydrogen) atoms. The number of alkyl halides is 3. The summed E-state index contributed by atoms with van der Waals surface area (Å²) in [5.41, 5.74) is 2.26. The van der Waals surface area contributed by atoms with Crippen molar-refractivity contribution in [1.29, 1.82) is 0 Å². The number of carbonyl (C=O) groups excluding carboxylic acids is 2. The quantitative estimate of drug-likeness (QED) is 0.752. The topological polar surface area (TPSA) is 73.2 Å². The van der Waals surface area contributed by atoms with E-state index >= 15 is 0 Å². The molecule has 1 aromatic carbocycles. The summed E-state index contributed by atoms with van der Waals surface area (Å²) < 4.78 is 42.3. The van der Waals surface area contributed by atoms with Crippen LogP contribution in [0.4, 0.5) is 13.2 Å². The molecule has 1 N–H and O–H groups in total. The summed E-state index contributed by atoms with van der Waals surface area (Å²) in [6, 6.07) is 7.64. The van der Waals surface area contributed by atoms with Crippen LogP contribution in [0.25, 0.3) is 0 Å². The van der Waals surface area contributed by atoms with Crippen LogP contribution < -0.4 is 5.32 Å². The molecule has 6 nitrogen and oxygen atoms in total. The molecule has 1 amide bonds. The van der Waals surface area contributed by atoms with Crippen molar-refractivity contribution in [3.8, 4) is 0 Å². The zero-order valence-corrected chi connectivity index (χ0v) is 15.3. The number of aromatic nitrogens is 2. The summed E-state index contributed by atoms with van der Waals surface area (Å²) in [6.45, 7) is 1.45. The van der Waals surface area contributed by atoms with Crippen molar-refractivity contribution >= 4 is 23.5 Å². The van der Waals surface area contributed by atoms with E-state index in [1.165, 1.54) is 11.6 Å². The molecule has 0 aliphatic rings. The molecule has 0 radical (unpaired) electrons. The number of nitrogens with one attached hydrogen (secondary N) is 1.